The van der Waals surface area contributed by atoms with Crippen LogP contribution >= 0.6 is 0 Å². The van der Waals surface area contributed by atoms with E-state index in [0.717, 1.165) is 0 Å². The minimum atomic E-state index is -0.273. The smallest absolute Gasteiger partial charge is 0.257 e. The average Bonchev–Trinajstić information content (AvgIpc) is 3.19. The number of carbonyl (C=O) groups is 1. The molecular formula is C24H23N5O2. The average molecular weight is 413 g/mol. The minimum absolute atomic E-state index is 0.0432. The van der Waals surface area contributed by atoms with Crippen LogP contribution in [0.1, 0.15) is 42.6 Å². The zero-order chi connectivity index (χ0) is 22.0. The van der Waals surface area contributed by atoms with Gasteiger partial charge in [-0.05, 0) is 41.3 Å². The maximum Gasteiger partial charge on any atom is 0.257 e. The van der Waals surface area contributed by atoms with E-state index in [1.54, 1.807) is 31.5 Å². The van der Waals surface area contributed by atoms with Crippen LogP contribution in [0, 0.1) is 6.92 Å². The molecule has 0 atom stereocenters. The highest BCUT2D eigenvalue weighted by atomic mass is 16.4. The summed E-state index contributed by atoms with van der Waals surface area (Å²) in [5.41, 5.74) is 4.20. The van der Waals surface area contributed by atoms with Crippen molar-refractivity contribution < 1.29 is 9.21 Å². The lowest BCUT2D eigenvalue weighted by atomic mass is 9.87. The second-order valence-electron chi connectivity index (χ2n) is 8.23. The Bertz CT molecular complexity index is 1220. The first-order valence-corrected chi connectivity index (χ1v) is 9.95. The summed E-state index contributed by atoms with van der Waals surface area (Å²) in [5.74, 6) is 0.530. The second kappa shape index (κ2) is 8.10. The molecule has 0 aliphatic rings. The van der Waals surface area contributed by atoms with E-state index in [9.17, 15) is 4.79 Å². The quantitative estimate of drug-likeness (QED) is 0.503. The van der Waals surface area contributed by atoms with Crippen molar-refractivity contribution in [1.29, 1.82) is 0 Å². The standard InChI is InChI=1S/C24H23N5O2/c1-15-28-29-23(31-15)19-6-5-12-26-21(19)18-11-13-25-14-20(18)22(30)27-17-9-7-16(8-10-17)24(2,3)4/h5-14H,1-4H3,(H,27,30). The molecule has 4 rings (SSSR count). The molecule has 3 heterocycles. The van der Waals surface area contributed by atoms with Gasteiger partial charge in [-0.25, -0.2) is 0 Å². The van der Waals surface area contributed by atoms with Crippen LogP contribution < -0.4 is 5.32 Å². The Hall–Kier alpha value is -3.87. The monoisotopic (exact) mass is 413 g/mol. The Morgan fingerprint density at radius 3 is 2.42 bits per heavy atom. The van der Waals surface area contributed by atoms with Gasteiger partial charge in [-0.1, -0.05) is 32.9 Å². The predicted octanol–water partition coefficient (Wildman–Crippen LogP) is 5.05. The molecule has 7 nitrogen and oxygen atoms in total. The van der Waals surface area contributed by atoms with Crippen molar-refractivity contribution in [2.75, 3.05) is 5.32 Å². The summed E-state index contributed by atoms with van der Waals surface area (Å²) in [6.07, 6.45) is 4.82. The molecule has 31 heavy (non-hydrogen) atoms. The maximum absolute atomic E-state index is 13.1. The highest BCUT2D eigenvalue weighted by molar-refractivity contribution is 6.08. The molecule has 0 saturated carbocycles. The van der Waals surface area contributed by atoms with E-state index in [4.69, 9.17) is 4.42 Å². The lowest BCUT2D eigenvalue weighted by Gasteiger charge is -2.19. The summed E-state index contributed by atoms with van der Waals surface area (Å²) in [6.45, 7) is 8.18. The number of benzene rings is 1. The Kier molecular flexibility index (Phi) is 5.33. The fourth-order valence-electron chi connectivity index (χ4n) is 3.23. The zero-order valence-corrected chi connectivity index (χ0v) is 17.9. The van der Waals surface area contributed by atoms with Gasteiger partial charge in [-0.2, -0.15) is 0 Å². The molecule has 0 bridgehead atoms. The Balaban J connectivity index is 1.68. The summed E-state index contributed by atoms with van der Waals surface area (Å²) in [5, 5.41) is 11.0. The molecule has 0 radical (unpaired) electrons. The first kappa shape index (κ1) is 20.4. The van der Waals surface area contributed by atoms with Crippen LogP contribution in [-0.2, 0) is 5.41 Å². The van der Waals surface area contributed by atoms with Gasteiger partial charge in [-0.3, -0.25) is 14.8 Å². The molecule has 0 aliphatic carbocycles. The molecule has 0 aliphatic heterocycles. The first-order valence-electron chi connectivity index (χ1n) is 9.95. The Morgan fingerprint density at radius 2 is 1.74 bits per heavy atom. The van der Waals surface area contributed by atoms with Gasteiger partial charge in [0.1, 0.15) is 0 Å². The molecule has 3 aromatic heterocycles. The van der Waals surface area contributed by atoms with Crippen molar-refractivity contribution in [2.45, 2.75) is 33.1 Å². The van der Waals surface area contributed by atoms with E-state index < -0.39 is 0 Å². The van der Waals surface area contributed by atoms with Crippen LogP contribution in [0.2, 0.25) is 0 Å². The molecular weight excluding hydrogens is 390 g/mol. The van der Waals surface area contributed by atoms with Gasteiger partial charge < -0.3 is 9.73 Å². The van der Waals surface area contributed by atoms with Gasteiger partial charge in [0.2, 0.25) is 11.8 Å². The van der Waals surface area contributed by atoms with Gasteiger partial charge in [0.05, 0.1) is 16.8 Å². The fourth-order valence-corrected chi connectivity index (χ4v) is 3.23. The largest absolute Gasteiger partial charge is 0.421 e. The lowest BCUT2D eigenvalue weighted by molar-refractivity contribution is 0.102. The normalized spacial score (nSPS) is 11.4. The van der Waals surface area contributed by atoms with Crippen molar-refractivity contribution in [1.82, 2.24) is 20.2 Å². The van der Waals surface area contributed by atoms with Crippen LogP contribution in [0.15, 0.2) is 65.5 Å². The third kappa shape index (κ3) is 4.35. The Morgan fingerprint density at radius 1 is 0.968 bits per heavy atom. The van der Waals surface area contributed by atoms with Crippen LogP contribution in [0.3, 0.4) is 0 Å². The molecule has 1 N–H and O–H groups in total. The van der Waals surface area contributed by atoms with Crippen molar-refractivity contribution in [3.8, 4) is 22.7 Å². The lowest BCUT2D eigenvalue weighted by Crippen LogP contribution is -2.15. The van der Waals surface area contributed by atoms with Crippen molar-refractivity contribution in [3.05, 3.63) is 78.1 Å². The zero-order valence-electron chi connectivity index (χ0n) is 17.9. The number of carbonyl (C=O) groups excluding carboxylic acids is 1. The van der Waals surface area contributed by atoms with E-state index in [1.165, 1.54) is 11.8 Å². The summed E-state index contributed by atoms with van der Waals surface area (Å²) < 4.78 is 5.59. The second-order valence-corrected chi connectivity index (χ2v) is 8.23. The molecule has 0 saturated heterocycles. The molecule has 0 fully saturated rings. The number of aryl methyl sites for hydroxylation is 1. The number of nitrogens with one attached hydrogen (secondary N) is 1. The Labute approximate surface area is 180 Å². The van der Waals surface area contributed by atoms with Gasteiger partial charge in [0.25, 0.3) is 5.91 Å². The number of amides is 1. The summed E-state index contributed by atoms with van der Waals surface area (Å²) in [4.78, 5) is 21.7. The van der Waals surface area contributed by atoms with Gasteiger partial charge in [-0.15, -0.1) is 10.2 Å². The molecule has 0 unspecified atom stereocenters. The number of nitrogens with zero attached hydrogens (tertiary/aromatic N) is 4. The highest BCUT2D eigenvalue weighted by Crippen LogP contribution is 2.31. The third-order valence-electron chi connectivity index (χ3n) is 4.89. The molecule has 4 aromatic rings. The van der Waals surface area contributed by atoms with Crippen LogP contribution in [-0.4, -0.2) is 26.1 Å². The van der Waals surface area contributed by atoms with E-state index in [2.05, 4.69) is 46.3 Å². The molecule has 1 amide bonds. The number of pyridine rings is 2. The first-order chi connectivity index (χ1) is 14.8. The SMILES string of the molecule is Cc1nnc(-c2cccnc2-c2ccncc2C(=O)Nc2ccc(C(C)(C)C)cc2)o1. The molecule has 1 aromatic carbocycles. The van der Waals surface area contributed by atoms with Crippen molar-refractivity contribution in [3.63, 3.8) is 0 Å². The van der Waals surface area contributed by atoms with Crippen molar-refractivity contribution in [2.24, 2.45) is 0 Å². The number of hydrogen-bond acceptors (Lipinski definition) is 6. The van der Waals surface area contributed by atoms with E-state index >= 15 is 0 Å². The third-order valence-corrected chi connectivity index (χ3v) is 4.89. The molecule has 156 valence electrons. The summed E-state index contributed by atoms with van der Waals surface area (Å²) in [7, 11) is 0. The molecule has 0 spiro atoms. The van der Waals surface area contributed by atoms with Crippen LogP contribution in [0.5, 0.6) is 0 Å². The molecule has 7 heteroatoms. The van der Waals surface area contributed by atoms with Crippen molar-refractivity contribution >= 4 is 11.6 Å². The van der Waals surface area contributed by atoms with Gasteiger partial charge in [0.15, 0.2) is 0 Å². The number of rotatable bonds is 4. The fraction of sp³-hybridized carbons (Fsp3) is 0.208. The number of aromatic nitrogens is 4. The predicted molar refractivity (Wildman–Crippen MR) is 119 cm³/mol. The topological polar surface area (TPSA) is 93.8 Å². The number of anilines is 1. The summed E-state index contributed by atoms with van der Waals surface area (Å²) >= 11 is 0. The number of hydrogen-bond donors (Lipinski definition) is 1. The van der Waals surface area contributed by atoms with Crippen LogP contribution in [0.4, 0.5) is 5.69 Å². The summed E-state index contributed by atoms with van der Waals surface area (Å²) in [6, 6.07) is 13.2. The van der Waals surface area contributed by atoms with E-state index in [0.29, 0.717) is 39.9 Å². The van der Waals surface area contributed by atoms with Crippen LogP contribution in [0.25, 0.3) is 22.7 Å². The van der Waals surface area contributed by atoms with E-state index in [1.807, 2.05) is 30.3 Å². The minimum Gasteiger partial charge on any atom is -0.421 e. The van der Waals surface area contributed by atoms with Gasteiger partial charge >= 0.3 is 0 Å². The van der Waals surface area contributed by atoms with Gasteiger partial charge in [0, 0.05) is 36.8 Å². The maximum atomic E-state index is 13.1. The highest BCUT2D eigenvalue weighted by Gasteiger charge is 2.20. The van der Waals surface area contributed by atoms with E-state index in [-0.39, 0.29) is 11.3 Å².